The first-order valence-corrected chi connectivity index (χ1v) is 34.3. The van der Waals surface area contributed by atoms with Crippen LogP contribution >= 0.6 is 0 Å². The van der Waals surface area contributed by atoms with Gasteiger partial charge in [0.1, 0.15) is 22.8 Å². The van der Waals surface area contributed by atoms with E-state index in [2.05, 4.69) is 14.7 Å². The molecule has 3 aromatic carbocycles. The van der Waals surface area contributed by atoms with Crippen molar-refractivity contribution in [2.45, 2.75) is 131 Å². The highest BCUT2D eigenvalue weighted by Gasteiger charge is 2.51. The van der Waals surface area contributed by atoms with Crippen LogP contribution in [-0.2, 0) is 76.0 Å². The third-order valence-electron chi connectivity index (χ3n) is 21.2. The molecule has 0 bridgehead atoms. The number of fused-ring (bicyclic) bond motifs is 6. The predicted molar refractivity (Wildman–Crippen MR) is 341 cm³/mol. The summed E-state index contributed by atoms with van der Waals surface area (Å²) in [5.74, 6) is 0.541. The van der Waals surface area contributed by atoms with Crippen LogP contribution in [-0.4, -0.2) is 180 Å². The van der Waals surface area contributed by atoms with Crippen LogP contribution in [0.15, 0.2) is 95.9 Å². The minimum Gasteiger partial charge on any atom is -0.493 e. The number of aliphatic hydroxyl groups is 1. The van der Waals surface area contributed by atoms with Crippen LogP contribution in [0.3, 0.4) is 0 Å². The van der Waals surface area contributed by atoms with Crippen LogP contribution < -0.4 is 4.74 Å². The summed E-state index contributed by atoms with van der Waals surface area (Å²) in [5.41, 5.74) is 3.71. The van der Waals surface area contributed by atoms with Crippen molar-refractivity contribution in [3.63, 3.8) is 0 Å². The number of aryl methyl sites for hydroxylation is 2. The van der Waals surface area contributed by atoms with Gasteiger partial charge in [-0.3, -0.25) is 29.1 Å². The van der Waals surface area contributed by atoms with Gasteiger partial charge in [0, 0.05) is 131 Å². The number of aromatic nitrogens is 3. The van der Waals surface area contributed by atoms with E-state index in [1.165, 1.54) is 43.5 Å². The average molecular weight is 1370 g/mol. The fraction of sp³-hybridized carbons (Fsp3) is 0.522. The molecule has 17 nitrogen and oxygen atoms in total. The minimum atomic E-state index is -4.40. The van der Waals surface area contributed by atoms with Gasteiger partial charge in [-0.05, 0) is 176 Å². The molecule has 1 N–H and O–H groups in total. The molecule has 0 saturated carbocycles. The second kappa shape index (κ2) is 26.6. The molecule has 27 heteroatoms. The number of likely N-dealkylation sites (tertiary alicyclic amines) is 3. The third-order valence-corrected chi connectivity index (χ3v) is 22.5. The van der Waals surface area contributed by atoms with Crippen LogP contribution in [0.5, 0.6) is 5.75 Å². The van der Waals surface area contributed by atoms with Gasteiger partial charge in [0.25, 0.3) is 17.7 Å². The van der Waals surface area contributed by atoms with E-state index in [1.807, 2.05) is 58.1 Å². The molecule has 3 amide bonds. The molecular formula is C69H84F9N9O8S. The maximum Gasteiger partial charge on any atom is 0.431 e. The number of hydrogen-bond donors (Lipinski definition) is 1. The summed E-state index contributed by atoms with van der Waals surface area (Å²) in [6.07, 6.45) is -8.61. The first kappa shape index (κ1) is 70.2. The highest BCUT2D eigenvalue weighted by Crippen LogP contribution is 2.48. The number of aliphatic hydroxyl groups excluding tert-OH is 1. The van der Waals surface area contributed by atoms with Crippen molar-refractivity contribution in [1.82, 2.24) is 43.1 Å². The summed E-state index contributed by atoms with van der Waals surface area (Å²) in [6, 6.07) is 23.7. The number of likely N-dealkylation sites (N-methyl/N-ethyl adjacent to an activating group) is 3. The second-order valence-electron chi connectivity index (χ2n) is 26.5. The van der Waals surface area contributed by atoms with Crippen molar-refractivity contribution in [3.8, 4) is 5.75 Å². The van der Waals surface area contributed by atoms with Crippen molar-refractivity contribution in [1.29, 1.82) is 0 Å². The van der Waals surface area contributed by atoms with Crippen molar-refractivity contribution in [2.75, 3.05) is 106 Å². The van der Waals surface area contributed by atoms with Crippen LogP contribution in [0.2, 0.25) is 0 Å². The maximum absolute atomic E-state index is 13.5. The molecule has 7 aliphatic rings. The van der Waals surface area contributed by atoms with Gasteiger partial charge in [-0.15, -0.1) is 0 Å². The molecule has 3 aromatic heterocycles. The smallest absolute Gasteiger partial charge is 0.431 e. The molecule has 96 heavy (non-hydrogen) atoms. The lowest BCUT2D eigenvalue weighted by molar-refractivity contribution is -0.145. The molecule has 10 heterocycles. The van der Waals surface area contributed by atoms with E-state index < -0.39 is 62.1 Å². The molecule has 4 fully saturated rings. The van der Waals surface area contributed by atoms with Gasteiger partial charge < -0.3 is 43.0 Å². The molecule has 4 saturated heterocycles. The number of ether oxygens (including phenoxy) is 2. The van der Waals surface area contributed by atoms with Crippen LogP contribution in [0.25, 0.3) is 0 Å². The van der Waals surface area contributed by atoms with Crippen LogP contribution in [0.4, 0.5) is 39.5 Å². The standard InChI is InChI=1S/C24H28F3N3O2.C23H28F3N3O3.C22H26F3N3O3S.H2/c1-16-13-17(3-4-19(16)18-14-32-15-18)22(31)29-9-7-23(8-10-29)20-5-6-21(24(25,26)27)30(20)12-11-28(23)2;1-3-32-18-14-16(4-5-17(18)15-30)21(31)28-10-8-22(9-11-28)19-6-7-20(23(24,25)26)29(19)13-12-27(22)2;1-15-14-16(4-5-17(15)32(3,30)31)20(29)27-10-8-21(9-11-27)18-6-7-19(22(23,24)25)28(18)13-12-26(21)2;/h3-6,13,18H,7-12,14-15H2,1-2H3;4-7,14,30H,3,8-13,15H2,1-2H3;4-7,14H,8-13H2,1-3H3;1H. The summed E-state index contributed by atoms with van der Waals surface area (Å²) in [4.78, 5) is 51.3. The third kappa shape index (κ3) is 13.1. The Bertz CT molecular complexity index is 4010. The van der Waals surface area contributed by atoms with E-state index in [0.29, 0.717) is 174 Å². The Balaban J connectivity index is 0.000000157. The zero-order valence-electron chi connectivity index (χ0n) is 54.9. The molecular weight excluding hydrogens is 1290 g/mol. The monoisotopic (exact) mass is 1370 g/mol. The molecule has 0 atom stereocenters. The maximum atomic E-state index is 13.5. The number of carbonyl (C=O) groups excluding carboxylic acids is 3. The molecule has 3 spiro atoms. The Hall–Kier alpha value is -7.17. The van der Waals surface area contributed by atoms with E-state index in [9.17, 15) is 67.4 Å². The fourth-order valence-electron chi connectivity index (χ4n) is 15.8. The second-order valence-corrected chi connectivity index (χ2v) is 28.5. The van der Waals surface area contributed by atoms with Crippen molar-refractivity contribution >= 4 is 27.6 Å². The molecule has 0 aliphatic carbocycles. The number of halogens is 9. The zero-order chi connectivity index (χ0) is 69.2. The Labute approximate surface area is 554 Å². The molecule has 0 radical (unpaired) electrons. The molecule has 7 aliphatic heterocycles. The van der Waals surface area contributed by atoms with Gasteiger partial charge in [0.2, 0.25) is 0 Å². The Morgan fingerprint density at radius 3 is 1.19 bits per heavy atom. The SMILES string of the molecule is CCOc1cc(C(=O)N2CCC3(CC2)c2ccc(C(F)(F)F)n2CCN3C)ccc1CO.Cc1cc(C(=O)N2CCC3(CC2)c2ccc(C(F)(F)F)n2CCN3C)ccc1C1COC1.Cc1cc(C(=O)N2CCC3(CC2)c2ccc(C(F)(F)F)n2CCN3C)ccc1S(C)(=O)=O.[HH]. The van der Waals surface area contributed by atoms with Gasteiger partial charge in [-0.25, -0.2) is 8.42 Å². The zero-order valence-corrected chi connectivity index (χ0v) is 55.8. The van der Waals surface area contributed by atoms with Gasteiger partial charge in [-0.2, -0.15) is 39.5 Å². The van der Waals surface area contributed by atoms with Crippen LogP contribution in [0.1, 0.15) is 140 Å². The lowest BCUT2D eigenvalue weighted by Gasteiger charge is -2.50. The Kier molecular flexibility index (Phi) is 19.4. The number of amides is 3. The molecule has 0 unspecified atom stereocenters. The predicted octanol–water partition coefficient (Wildman–Crippen LogP) is 11.0. The highest BCUT2D eigenvalue weighted by atomic mass is 32.2. The highest BCUT2D eigenvalue weighted by molar-refractivity contribution is 7.90. The summed E-state index contributed by atoms with van der Waals surface area (Å²) < 4.78 is 160. The lowest BCUT2D eigenvalue weighted by atomic mass is 9.81. The van der Waals surface area contributed by atoms with Gasteiger partial charge in [0.15, 0.2) is 9.84 Å². The van der Waals surface area contributed by atoms with Crippen LogP contribution in [0, 0.1) is 13.8 Å². The van der Waals surface area contributed by atoms with E-state index in [0.717, 1.165) is 31.1 Å². The summed E-state index contributed by atoms with van der Waals surface area (Å²) >= 11 is 0. The average Bonchev–Trinajstić information content (AvgIpc) is 1.68. The lowest BCUT2D eigenvalue weighted by Crippen LogP contribution is -2.56. The summed E-state index contributed by atoms with van der Waals surface area (Å²) in [7, 11) is 2.48. The van der Waals surface area contributed by atoms with E-state index in [-0.39, 0.29) is 37.2 Å². The van der Waals surface area contributed by atoms with E-state index in [1.54, 1.807) is 59.2 Å². The molecule has 6 aromatic rings. The minimum absolute atomic E-state index is 0. The normalized spacial score (nSPS) is 19.8. The first-order valence-electron chi connectivity index (χ1n) is 32.4. The number of rotatable bonds is 8. The van der Waals surface area contributed by atoms with E-state index >= 15 is 0 Å². The Morgan fingerprint density at radius 1 is 0.521 bits per heavy atom. The summed E-state index contributed by atoms with van der Waals surface area (Å²) in [6.45, 7) is 12.5. The topological polar surface area (TPSA) is 158 Å². The number of alkyl halides is 9. The summed E-state index contributed by atoms with van der Waals surface area (Å²) in [5, 5.41) is 9.47. The number of hydrogen-bond acceptors (Lipinski definition) is 11. The largest absolute Gasteiger partial charge is 0.493 e. The van der Waals surface area contributed by atoms with Gasteiger partial charge in [0.05, 0.1) is 47.9 Å². The fourth-order valence-corrected chi connectivity index (χ4v) is 16.7. The quantitative estimate of drug-likeness (QED) is 0.145. The first-order chi connectivity index (χ1) is 45.3. The number of nitrogens with zero attached hydrogens (tertiary/aromatic N) is 9. The molecule has 13 rings (SSSR count). The van der Waals surface area contributed by atoms with Crippen molar-refractivity contribution in [2.24, 2.45) is 0 Å². The number of sulfone groups is 1. The number of benzene rings is 3. The molecule has 522 valence electrons. The van der Waals surface area contributed by atoms with Crippen molar-refractivity contribution < 1.29 is 78.3 Å². The van der Waals surface area contributed by atoms with Gasteiger partial charge >= 0.3 is 18.5 Å². The van der Waals surface area contributed by atoms with Crippen molar-refractivity contribution in [3.05, 3.63) is 164 Å². The van der Waals surface area contributed by atoms with Gasteiger partial charge in [-0.1, -0.05) is 12.1 Å². The Morgan fingerprint density at radius 2 is 0.875 bits per heavy atom. The van der Waals surface area contributed by atoms with E-state index in [4.69, 9.17) is 9.47 Å². The number of piperidine rings is 3. The number of carbonyl (C=O) groups is 3.